The van der Waals surface area contributed by atoms with E-state index in [1.54, 1.807) is 20.8 Å². The Morgan fingerprint density at radius 3 is 1.31 bits per heavy atom. The summed E-state index contributed by atoms with van der Waals surface area (Å²) in [6.07, 6.45) is -2.26. The quantitative estimate of drug-likeness (QED) is 0.163. The average Bonchev–Trinajstić information content (AvgIpc) is 2.71. The first-order valence-electron chi connectivity index (χ1n) is 10.5. The zero-order valence-corrected chi connectivity index (χ0v) is 21.3. The highest BCUT2D eigenvalue weighted by Crippen LogP contribution is 2.19. The van der Waals surface area contributed by atoms with Gasteiger partial charge in [0.2, 0.25) is 0 Å². The molecule has 0 bridgehead atoms. The number of hydrogen-bond donors (Lipinski definition) is 5. The van der Waals surface area contributed by atoms with Crippen LogP contribution in [0, 0.1) is 0 Å². The van der Waals surface area contributed by atoms with Crippen LogP contribution in [0.2, 0.25) is 0 Å². The fourth-order valence-corrected chi connectivity index (χ4v) is 1.64. The zero-order chi connectivity index (χ0) is 29.3. The second-order valence-corrected chi connectivity index (χ2v) is 6.39. The molecule has 5 N–H and O–H groups in total. The lowest BCUT2D eigenvalue weighted by molar-refractivity contribution is -0.177. The smallest absolute Gasteiger partial charge is 0.339 e. The molecule has 0 rings (SSSR count). The molecule has 0 radical (unpaired) electrons. The number of carboxylic acids is 2. The summed E-state index contributed by atoms with van der Waals surface area (Å²) < 4.78 is 18.3. The minimum atomic E-state index is -2.26. The molecule has 0 aromatic heterocycles. The molecule has 0 aliphatic heterocycles. The van der Waals surface area contributed by atoms with Crippen LogP contribution in [0.3, 0.4) is 0 Å². The van der Waals surface area contributed by atoms with E-state index in [1.807, 2.05) is 0 Å². The van der Waals surface area contributed by atoms with E-state index in [0.29, 0.717) is 0 Å². The maximum Gasteiger partial charge on any atom is 0.339 e. The summed E-state index contributed by atoms with van der Waals surface area (Å²) in [5.41, 5.74) is -2.26. The molecule has 212 valence electrons. The Morgan fingerprint density at radius 2 is 1.06 bits per heavy atom. The summed E-state index contributed by atoms with van der Waals surface area (Å²) in [6, 6.07) is 0. The van der Waals surface area contributed by atoms with Gasteiger partial charge in [-0.05, 0) is 20.8 Å². The van der Waals surface area contributed by atoms with Crippen molar-refractivity contribution in [2.75, 3.05) is 33.0 Å². The number of aliphatic hydroxyl groups excluding tert-OH is 2. The highest BCUT2D eigenvalue weighted by atomic mass is 16.6. The van der Waals surface area contributed by atoms with Crippen molar-refractivity contribution >= 4 is 35.8 Å². The Morgan fingerprint density at radius 1 is 0.722 bits per heavy atom. The minimum absolute atomic E-state index is 0.0206. The van der Waals surface area contributed by atoms with Crippen molar-refractivity contribution in [2.45, 2.75) is 66.1 Å². The number of carbonyl (C=O) groups is 6. The van der Waals surface area contributed by atoms with Crippen LogP contribution in [0.25, 0.3) is 0 Å². The van der Waals surface area contributed by atoms with Gasteiger partial charge in [0.25, 0.3) is 11.9 Å². The van der Waals surface area contributed by atoms with Gasteiger partial charge in [-0.25, -0.2) is 4.79 Å². The molecule has 15 heteroatoms. The zero-order valence-electron chi connectivity index (χ0n) is 21.3. The average molecular weight is 531 g/mol. The van der Waals surface area contributed by atoms with Gasteiger partial charge in [0, 0.05) is 20.8 Å². The van der Waals surface area contributed by atoms with Crippen LogP contribution in [-0.4, -0.2) is 106 Å². The van der Waals surface area contributed by atoms with Gasteiger partial charge in [-0.3, -0.25) is 24.0 Å². The number of esters is 4. The van der Waals surface area contributed by atoms with E-state index in [4.69, 9.17) is 30.0 Å². The number of hydrogen-bond acceptors (Lipinski definition) is 13. The highest BCUT2D eigenvalue weighted by Gasteiger charge is 2.43. The molecule has 1 unspecified atom stereocenters. The summed E-state index contributed by atoms with van der Waals surface area (Å²) >= 11 is 0. The van der Waals surface area contributed by atoms with E-state index < -0.39 is 60.4 Å². The maximum atomic E-state index is 11.7. The summed E-state index contributed by atoms with van der Waals surface area (Å²) in [5.74, 6) is -4.75. The van der Waals surface area contributed by atoms with Crippen molar-refractivity contribution in [3.8, 4) is 0 Å². The molecule has 0 saturated carbocycles. The molecule has 15 nitrogen and oxygen atoms in total. The molecule has 0 aromatic carbocycles. The second kappa shape index (κ2) is 24.8. The first kappa shape index (κ1) is 39.9. The van der Waals surface area contributed by atoms with E-state index in [2.05, 4.69) is 18.9 Å². The summed E-state index contributed by atoms with van der Waals surface area (Å²) in [7, 11) is 0. The first-order valence-corrected chi connectivity index (χ1v) is 10.5. The molecule has 0 aliphatic rings. The molecule has 0 amide bonds. The summed E-state index contributed by atoms with van der Waals surface area (Å²) in [4.78, 5) is 62.4. The predicted molar refractivity (Wildman–Crippen MR) is 120 cm³/mol. The standard InChI is InChI=1S/C12H20O7.C5H10O4.2C2H4O2/c1-4-17-9(13)7-12(16,11(15)19-6-3)8-10(14)18-5-2;1-4(7)9-3-5(8)2-6;2*1-2(3)4/h16H,4-8H2,1-3H3;5-6,8H,2-3H2,1H3;2*1H3,(H,3,4). The molecular weight excluding hydrogens is 492 g/mol. The van der Waals surface area contributed by atoms with Crippen molar-refractivity contribution in [1.29, 1.82) is 0 Å². The Bertz CT molecular complexity index is 620. The van der Waals surface area contributed by atoms with Gasteiger partial charge >= 0.3 is 23.9 Å². The van der Waals surface area contributed by atoms with Crippen LogP contribution in [0.5, 0.6) is 0 Å². The molecule has 0 saturated heterocycles. The van der Waals surface area contributed by atoms with E-state index in [0.717, 1.165) is 13.8 Å². The van der Waals surface area contributed by atoms with Gasteiger partial charge in [0.05, 0.1) is 39.3 Å². The lowest BCUT2D eigenvalue weighted by Gasteiger charge is -2.23. The monoisotopic (exact) mass is 530 g/mol. The molecule has 0 fully saturated rings. The fourth-order valence-electron chi connectivity index (χ4n) is 1.64. The number of ether oxygens (including phenoxy) is 4. The third-order valence-electron chi connectivity index (χ3n) is 2.83. The van der Waals surface area contributed by atoms with Crippen molar-refractivity contribution in [3.05, 3.63) is 0 Å². The van der Waals surface area contributed by atoms with Crippen LogP contribution >= 0.6 is 0 Å². The van der Waals surface area contributed by atoms with Gasteiger partial charge in [-0.2, -0.15) is 0 Å². The first-order chi connectivity index (χ1) is 16.5. The van der Waals surface area contributed by atoms with Crippen molar-refractivity contribution in [1.82, 2.24) is 0 Å². The fraction of sp³-hybridized carbons (Fsp3) is 0.714. The van der Waals surface area contributed by atoms with Gasteiger partial charge in [-0.15, -0.1) is 0 Å². The lowest BCUT2D eigenvalue weighted by atomic mass is 9.95. The van der Waals surface area contributed by atoms with Gasteiger partial charge < -0.3 is 44.5 Å². The molecule has 0 spiro atoms. The Kier molecular flexibility index (Phi) is 27.5. The number of rotatable bonds is 11. The number of aliphatic hydroxyl groups is 3. The predicted octanol–water partition coefficient (Wildman–Crippen LogP) is -0.728. The largest absolute Gasteiger partial charge is 0.481 e. The van der Waals surface area contributed by atoms with Crippen molar-refractivity contribution in [2.24, 2.45) is 0 Å². The minimum Gasteiger partial charge on any atom is -0.481 e. The highest BCUT2D eigenvalue weighted by molar-refractivity contribution is 5.90. The Hall–Kier alpha value is -3.30. The Balaban J connectivity index is -0.000000247. The second-order valence-electron chi connectivity index (χ2n) is 6.39. The van der Waals surface area contributed by atoms with Crippen molar-refractivity contribution < 1.29 is 73.2 Å². The van der Waals surface area contributed by atoms with Gasteiger partial charge in [-0.1, -0.05) is 0 Å². The molecule has 1 atom stereocenters. The van der Waals surface area contributed by atoms with E-state index in [-0.39, 0.29) is 33.0 Å². The molecule has 0 aromatic rings. The summed E-state index contributed by atoms with van der Waals surface area (Å²) in [5, 5.41) is 41.7. The Labute approximate surface area is 208 Å². The van der Waals surface area contributed by atoms with E-state index in [1.165, 1.54) is 6.92 Å². The van der Waals surface area contributed by atoms with Crippen molar-refractivity contribution in [3.63, 3.8) is 0 Å². The molecule has 0 heterocycles. The van der Waals surface area contributed by atoms with Crippen LogP contribution < -0.4 is 0 Å². The lowest BCUT2D eigenvalue weighted by Crippen LogP contribution is -2.44. The maximum absolute atomic E-state index is 11.7. The third-order valence-corrected chi connectivity index (χ3v) is 2.83. The third kappa shape index (κ3) is 32.9. The van der Waals surface area contributed by atoms with Crippen LogP contribution in [0.4, 0.5) is 0 Å². The van der Waals surface area contributed by atoms with Crippen LogP contribution in [-0.2, 0) is 47.7 Å². The van der Waals surface area contributed by atoms with Crippen LogP contribution in [0.15, 0.2) is 0 Å². The molecule has 36 heavy (non-hydrogen) atoms. The summed E-state index contributed by atoms with van der Waals surface area (Å²) in [6.45, 7) is 7.86. The van der Waals surface area contributed by atoms with Crippen LogP contribution in [0.1, 0.15) is 54.4 Å². The molecule has 0 aliphatic carbocycles. The SMILES string of the molecule is CC(=O)O.CC(=O)O.CC(=O)OCC(O)CO.CCOC(=O)CC(O)(CC(=O)OCC)C(=O)OCC. The number of aliphatic carboxylic acids is 2. The van der Waals surface area contributed by atoms with E-state index >= 15 is 0 Å². The topological polar surface area (TPSA) is 240 Å². The normalized spacial score (nSPS) is 10.2. The van der Waals surface area contributed by atoms with Gasteiger partial charge in [0.1, 0.15) is 12.7 Å². The van der Waals surface area contributed by atoms with Gasteiger partial charge in [0.15, 0.2) is 5.60 Å². The number of carboxylic acid groups (broad SMARTS) is 2. The van der Waals surface area contributed by atoms with E-state index in [9.17, 15) is 24.3 Å². The molecular formula is C21H38O15. The number of carbonyl (C=O) groups excluding carboxylic acids is 4.